The lowest BCUT2D eigenvalue weighted by molar-refractivity contribution is 0.0939. The minimum atomic E-state index is -0.0945. The molecule has 0 aliphatic heterocycles. The van der Waals surface area contributed by atoms with Crippen LogP contribution >= 0.6 is 0 Å². The van der Waals surface area contributed by atoms with E-state index in [0.717, 1.165) is 5.56 Å². The zero-order valence-electron chi connectivity index (χ0n) is 11.8. The Kier molecular flexibility index (Phi) is 4.77. The minimum absolute atomic E-state index is 0.0283. The third-order valence-electron chi connectivity index (χ3n) is 3.05. The summed E-state index contributed by atoms with van der Waals surface area (Å²) in [6.45, 7) is 4.48. The van der Waals surface area contributed by atoms with Crippen LogP contribution in [0, 0.1) is 0 Å². The summed E-state index contributed by atoms with van der Waals surface area (Å²) in [5.74, 6) is 0.621. The monoisotopic (exact) mass is 269 g/mol. The van der Waals surface area contributed by atoms with Crippen LogP contribution in [0.3, 0.4) is 0 Å². The normalized spacial score (nSPS) is 11.7. The van der Waals surface area contributed by atoms with E-state index >= 15 is 0 Å². The molecule has 2 aromatic rings. The van der Waals surface area contributed by atoms with Crippen LogP contribution in [0.1, 0.15) is 35.8 Å². The van der Waals surface area contributed by atoms with Gasteiger partial charge in [-0.15, -0.1) is 0 Å². The lowest BCUT2D eigenvalue weighted by Crippen LogP contribution is -2.26. The Balaban J connectivity index is 2.06. The summed E-state index contributed by atoms with van der Waals surface area (Å²) < 4.78 is 5.41. The molecule has 0 saturated heterocycles. The number of amides is 1. The highest BCUT2D eigenvalue weighted by atomic mass is 16.5. The number of rotatable bonds is 5. The van der Waals surface area contributed by atoms with Gasteiger partial charge in [0.15, 0.2) is 0 Å². The van der Waals surface area contributed by atoms with Crippen LogP contribution in [-0.2, 0) is 0 Å². The van der Waals surface area contributed by atoms with Gasteiger partial charge in [0, 0.05) is 5.56 Å². The van der Waals surface area contributed by atoms with E-state index in [2.05, 4.69) is 5.32 Å². The van der Waals surface area contributed by atoms with Gasteiger partial charge in [-0.25, -0.2) is 0 Å². The molecule has 104 valence electrons. The van der Waals surface area contributed by atoms with E-state index in [1.54, 1.807) is 12.1 Å². The second-order valence-electron chi connectivity index (χ2n) is 4.57. The lowest BCUT2D eigenvalue weighted by Gasteiger charge is -2.14. The first-order chi connectivity index (χ1) is 9.70. The summed E-state index contributed by atoms with van der Waals surface area (Å²) in [6.07, 6.45) is 0. The van der Waals surface area contributed by atoms with E-state index in [1.807, 2.05) is 56.3 Å². The van der Waals surface area contributed by atoms with E-state index in [4.69, 9.17) is 4.74 Å². The fourth-order valence-corrected chi connectivity index (χ4v) is 2.00. The summed E-state index contributed by atoms with van der Waals surface area (Å²) in [5, 5.41) is 2.99. The van der Waals surface area contributed by atoms with E-state index in [-0.39, 0.29) is 11.9 Å². The first-order valence-corrected chi connectivity index (χ1v) is 6.79. The summed E-state index contributed by atoms with van der Waals surface area (Å²) in [6, 6.07) is 17.1. The number of hydrogen-bond acceptors (Lipinski definition) is 2. The molecule has 0 fully saturated rings. The molecule has 3 nitrogen and oxygen atoms in total. The Morgan fingerprint density at radius 1 is 1.15 bits per heavy atom. The predicted molar refractivity (Wildman–Crippen MR) is 79.9 cm³/mol. The van der Waals surface area contributed by atoms with Gasteiger partial charge in [-0.2, -0.15) is 0 Å². The number of benzene rings is 2. The van der Waals surface area contributed by atoms with Crippen molar-refractivity contribution in [3.8, 4) is 5.75 Å². The smallest absolute Gasteiger partial charge is 0.251 e. The molecule has 20 heavy (non-hydrogen) atoms. The van der Waals surface area contributed by atoms with Crippen molar-refractivity contribution in [3.05, 3.63) is 65.7 Å². The van der Waals surface area contributed by atoms with Crippen molar-refractivity contribution in [1.82, 2.24) is 5.32 Å². The molecule has 2 rings (SSSR count). The van der Waals surface area contributed by atoms with Crippen LogP contribution in [0.25, 0.3) is 0 Å². The van der Waals surface area contributed by atoms with Crippen LogP contribution in [0.15, 0.2) is 54.6 Å². The Morgan fingerprint density at radius 3 is 2.60 bits per heavy atom. The Labute approximate surface area is 119 Å². The first kappa shape index (κ1) is 14.1. The van der Waals surface area contributed by atoms with Crippen LogP contribution in [0.2, 0.25) is 0 Å². The van der Waals surface area contributed by atoms with Crippen LogP contribution in [0.4, 0.5) is 0 Å². The van der Waals surface area contributed by atoms with Gasteiger partial charge in [0.1, 0.15) is 5.75 Å². The molecule has 1 atom stereocenters. The molecule has 1 amide bonds. The maximum Gasteiger partial charge on any atom is 0.251 e. The van der Waals surface area contributed by atoms with E-state index < -0.39 is 0 Å². The molecule has 0 aromatic heterocycles. The van der Waals surface area contributed by atoms with E-state index in [0.29, 0.717) is 17.9 Å². The van der Waals surface area contributed by atoms with Gasteiger partial charge in [0.05, 0.1) is 12.6 Å². The zero-order valence-corrected chi connectivity index (χ0v) is 11.8. The highest BCUT2D eigenvalue weighted by molar-refractivity contribution is 5.94. The van der Waals surface area contributed by atoms with Crippen molar-refractivity contribution < 1.29 is 9.53 Å². The van der Waals surface area contributed by atoms with Crippen LogP contribution in [0.5, 0.6) is 5.75 Å². The van der Waals surface area contributed by atoms with Gasteiger partial charge in [0.2, 0.25) is 0 Å². The summed E-state index contributed by atoms with van der Waals surface area (Å²) in [7, 11) is 0. The average molecular weight is 269 g/mol. The summed E-state index contributed by atoms with van der Waals surface area (Å²) in [5.41, 5.74) is 1.69. The molecule has 0 radical (unpaired) electrons. The molecule has 0 heterocycles. The van der Waals surface area contributed by atoms with Gasteiger partial charge in [-0.05, 0) is 37.6 Å². The predicted octanol–water partition coefficient (Wildman–Crippen LogP) is 3.58. The molecular weight excluding hydrogens is 250 g/mol. The molecule has 0 bridgehead atoms. The third-order valence-corrected chi connectivity index (χ3v) is 3.05. The second kappa shape index (κ2) is 6.75. The fraction of sp³-hybridized carbons (Fsp3) is 0.235. The molecule has 0 aliphatic carbocycles. The number of carbonyl (C=O) groups is 1. The summed E-state index contributed by atoms with van der Waals surface area (Å²) >= 11 is 0. The average Bonchev–Trinajstić information content (AvgIpc) is 2.48. The second-order valence-corrected chi connectivity index (χ2v) is 4.57. The van der Waals surface area contributed by atoms with E-state index in [9.17, 15) is 4.79 Å². The van der Waals surface area contributed by atoms with Crippen molar-refractivity contribution in [3.63, 3.8) is 0 Å². The molecule has 0 saturated carbocycles. The SMILES string of the molecule is CCOc1cccc(C(=O)N[C@@H](C)c2ccccc2)c1. The molecular formula is C17H19NO2. The Hall–Kier alpha value is -2.29. The fourth-order valence-electron chi connectivity index (χ4n) is 2.00. The van der Waals surface area contributed by atoms with Gasteiger partial charge < -0.3 is 10.1 Å². The summed E-state index contributed by atoms with van der Waals surface area (Å²) in [4.78, 5) is 12.2. The van der Waals surface area contributed by atoms with Gasteiger partial charge in [0.25, 0.3) is 5.91 Å². The maximum absolute atomic E-state index is 12.2. The van der Waals surface area contributed by atoms with Crippen LogP contribution in [-0.4, -0.2) is 12.5 Å². The van der Waals surface area contributed by atoms with Crippen molar-refractivity contribution in [1.29, 1.82) is 0 Å². The van der Waals surface area contributed by atoms with Crippen LogP contribution < -0.4 is 10.1 Å². The van der Waals surface area contributed by atoms with Crippen molar-refractivity contribution in [2.24, 2.45) is 0 Å². The molecule has 2 aromatic carbocycles. The topological polar surface area (TPSA) is 38.3 Å². The lowest BCUT2D eigenvalue weighted by atomic mass is 10.1. The highest BCUT2D eigenvalue weighted by Crippen LogP contribution is 2.16. The number of hydrogen-bond donors (Lipinski definition) is 1. The Morgan fingerprint density at radius 2 is 1.90 bits per heavy atom. The van der Waals surface area contributed by atoms with Crippen molar-refractivity contribution >= 4 is 5.91 Å². The number of carbonyl (C=O) groups excluding carboxylic acids is 1. The van der Waals surface area contributed by atoms with Gasteiger partial charge in [-0.3, -0.25) is 4.79 Å². The Bertz CT molecular complexity index is 566. The molecule has 3 heteroatoms. The minimum Gasteiger partial charge on any atom is -0.494 e. The third kappa shape index (κ3) is 3.60. The standard InChI is InChI=1S/C17H19NO2/c1-3-20-16-11-7-10-15(12-16)17(19)18-13(2)14-8-5-4-6-9-14/h4-13H,3H2,1-2H3,(H,18,19)/t13-/m0/s1. The van der Waals surface area contributed by atoms with Crippen molar-refractivity contribution in [2.75, 3.05) is 6.61 Å². The van der Waals surface area contributed by atoms with Gasteiger partial charge in [-0.1, -0.05) is 36.4 Å². The molecule has 0 spiro atoms. The molecule has 1 N–H and O–H groups in total. The van der Waals surface area contributed by atoms with Crippen molar-refractivity contribution in [2.45, 2.75) is 19.9 Å². The maximum atomic E-state index is 12.2. The number of ether oxygens (including phenoxy) is 1. The highest BCUT2D eigenvalue weighted by Gasteiger charge is 2.11. The molecule has 0 aliphatic rings. The quantitative estimate of drug-likeness (QED) is 0.901. The van der Waals surface area contributed by atoms with E-state index in [1.165, 1.54) is 0 Å². The first-order valence-electron chi connectivity index (χ1n) is 6.79. The van der Waals surface area contributed by atoms with Gasteiger partial charge >= 0.3 is 0 Å². The number of nitrogens with one attached hydrogen (secondary N) is 1. The molecule has 0 unspecified atom stereocenters. The zero-order chi connectivity index (χ0) is 14.4. The largest absolute Gasteiger partial charge is 0.494 e.